The molecule has 0 bridgehead atoms. The van der Waals surface area contributed by atoms with E-state index in [2.05, 4.69) is 10.3 Å². The summed E-state index contributed by atoms with van der Waals surface area (Å²) in [4.78, 5) is 36.6. The molecule has 0 aliphatic rings. The fourth-order valence-electron chi connectivity index (χ4n) is 2.16. The minimum Gasteiger partial charge on any atom is -0.302 e. The summed E-state index contributed by atoms with van der Waals surface area (Å²) in [5.41, 5.74) is 1.10. The van der Waals surface area contributed by atoms with Crippen molar-refractivity contribution in [1.29, 1.82) is 0 Å². The minimum atomic E-state index is -0.510. The molecule has 3 rings (SSSR count). The van der Waals surface area contributed by atoms with Crippen molar-refractivity contribution >= 4 is 44.0 Å². The van der Waals surface area contributed by atoms with Crippen LogP contribution in [0, 0.1) is 20.2 Å². The van der Waals surface area contributed by atoms with E-state index >= 15 is 0 Å². The Hall–Kier alpha value is -3.40. The number of aromatic nitrogens is 1. The number of carbonyl (C=O) groups is 1. The Balaban J connectivity index is 1.71. The summed E-state index contributed by atoms with van der Waals surface area (Å²) in [6.45, 7) is 0. The van der Waals surface area contributed by atoms with E-state index in [4.69, 9.17) is 0 Å². The van der Waals surface area contributed by atoms with Crippen molar-refractivity contribution in [2.75, 3.05) is 5.32 Å². The minimum absolute atomic E-state index is 0.0358. The molecule has 1 aromatic heterocycles. The molecule has 1 N–H and O–H groups in total. The molecule has 0 radical (unpaired) electrons. The molecule has 3 aromatic rings. The maximum atomic E-state index is 12.1. The van der Waals surface area contributed by atoms with Crippen LogP contribution in [-0.4, -0.2) is 20.7 Å². The number of rotatable bonds is 5. The highest BCUT2D eigenvalue weighted by molar-refractivity contribution is 7.22. The van der Waals surface area contributed by atoms with Gasteiger partial charge < -0.3 is 5.32 Å². The van der Waals surface area contributed by atoms with Gasteiger partial charge in [-0.05, 0) is 11.6 Å². The number of carbonyl (C=O) groups excluding carboxylic acids is 1. The molecule has 0 spiro atoms. The standard InChI is InChI=1S/C15H10N4O5S/c20-14(7-9-1-3-10(4-2-9)18(21)22)17-15-16-12-6-5-11(19(23)24)8-13(12)25-15/h1-6,8H,7H2,(H,16,17,20). The molecule has 10 heteroatoms. The molecule has 25 heavy (non-hydrogen) atoms. The molecule has 126 valence electrons. The van der Waals surface area contributed by atoms with E-state index in [0.717, 1.165) is 11.3 Å². The molecule has 2 aromatic carbocycles. The third-order valence-electron chi connectivity index (χ3n) is 3.34. The second-order valence-electron chi connectivity index (χ2n) is 5.08. The van der Waals surface area contributed by atoms with E-state index < -0.39 is 9.85 Å². The van der Waals surface area contributed by atoms with Gasteiger partial charge in [-0.25, -0.2) is 4.98 Å². The lowest BCUT2D eigenvalue weighted by molar-refractivity contribution is -0.385. The lowest BCUT2D eigenvalue weighted by atomic mass is 10.1. The Bertz CT molecular complexity index is 983. The van der Waals surface area contributed by atoms with Gasteiger partial charge in [0, 0.05) is 24.3 Å². The van der Waals surface area contributed by atoms with Crippen molar-refractivity contribution in [3.63, 3.8) is 0 Å². The number of nitro benzene ring substituents is 2. The molecule has 1 amide bonds. The summed E-state index contributed by atoms with van der Waals surface area (Å²) >= 11 is 1.14. The first kappa shape index (κ1) is 16.5. The second-order valence-corrected chi connectivity index (χ2v) is 6.11. The van der Waals surface area contributed by atoms with Crippen LogP contribution in [0.2, 0.25) is 0 Å². The molecule has 0 aliphatic carbocycles. The number of nitrogens with zero attached hydrogens (tertiary/aromatic N) is 3. The number of anilines is 1. The van der Waals surface area contributed by atoms with E-state index in [0.29, 0.717) is 20.9 Å². The maximum Gasteiger partial charge on any atom is 0.270 e. The van der Waals surface area contributed by atoms with E-state index in [1.54, 1.807) is 0 Å². The van der Waals surface area contributed by atoms with Crippen molar-refractivity contribution in [2.24, 2.45) is 0 Å². The molecule has 9 nitrogen and oxygen atoms in total. The van der Waals surface area contributed by atoms with Gasteiger partial charge in [-0.1, -0.05) is 23.5 Å². The number of benzene rings is 2. The Morgan fingerprint density at radius 1 is 1.04 bits per heavy atom. The predicted molar refractivity (Wildman–Crippen MR) is 91.7 cm³/mol. The van der Waals surface area contributed by atoms with Gasteiger partial charge in [0.05, 0.1) is 26.5 Å². The van der Waals surface area contributed by atoms with Crippen molar-refractivity contribution < 1.29 is 14.6 Å². The third-order valence-corrected chi connectivity index (χ3v) is 4.27. The number of fused-ring (bicyclic) bond motifs is 1. The van der Waals surface area contributed by atoms with Crippen LogP contribution in [0.3, 0.4) is 0 Å². The summed E-state index contributed by atoms with van der Waals surface area (Å²) in [5, 5.41) is 24.3. The van der Waals surface area contributed by atoms with Gasteiger partial charge in [0.2, 0.25) is 5.91 Å². The first-order chi connectivity index (χ1) is 11.9. The summed E-state index contributed by atoms with van der Waals surface area (Å²) in [7, 11) is 0. The van der Waals surface area contributed by atoms with Crippen LogP contribution < -0.4 is 5.32 Å². The number of non-ortho nitro benzene ring substituents is 2. The van der Waals surface area contributed by atoms with Crippen LogP contribution in [0.4, 0.5) is 16.5 Å². The van der Waals surface area contributed by atoms with Crippen molar-refractivity contribution in [1.82, 2.24) is 4.98 Å². The zero-order valence-corrected chi connectivity index (χ0v) is 13.4. The first-order valence-corrected chi connectivity index (χ1v) is 7.82. The highest BCUT2D eigenvalue weighted by Crippen LogP contribution is 2.29. The first-order valence-electron chi connectivity index (χ1n) is 7.00. The molecule has 0 saturated heterocycles. The maximum absolute atomic E-state index is 12.1. The van der Waals surface area contributed by atoms with Crippen LogP contribution in [-0.2, 0) is 11.2 Å². The number of nitrogens with one attached hydrogen (secondary N) is 1. The van der Waals surface area contributed by atoms with Gasteiger partial charge in [-0.15, -0.1) is 0 Å². The van der Waals surface area contributed by atoms with E-state index in [9.17, 15) is 25.0 Å². The van der Waals surface area contributed by atoms with E-state index in [1.165, 1.54) is 42.5 Å². The second kappa shape index (κ2) is 6.61. The van der Waals surface area contributed by atoms with Gasteiger partial charge in [-0.2, -0.15) is 0 Å². The Kier molecular flexibility index (Phi) is 4.35. The average molecular weight is 358 g/mol. The van der Waals surface area contributed by atoms with Gasteiger partial charge in [0.25, 0.3) is 11.4 Å². The number of hydrogen-bond donors (Lipinski definition) is 1. The zero-order chi connectivity index (χ0) is 18.0. The highest BCUT2D eigenvalue weighted by Gasteiger charge is 2.13. The van der Waals surface area contributed by atoms with Gasteiger partial charge in [-0.3, -0.25) is 25.0 Å². The third kappa shape index (κ3) is 3.75. The molecule has 0 atom stereocenters. The highest BCUT2D eigenvalue weighted by atomic mass is 32.1. The molecule has 0 saturated carbocycles. The van der Waals surface area contributed by atoms with Gasteiger partial charge in [0.15, 0.2) is 5.13 Å². The molecular weight excluding hydrogens is 348 g/mol. The summed E-state index contributed by atoms with van der Waals surface area (Å²) in [6.07, 6.45) is 0.0358. The predicted octanol–water partition coefficient (Wildman–Crippen LogP) is 3.29. The molecule has 0 aliphatic heterocycles. The largest absolute Gasteiger partial charge is 0.302 e. The monoisotopic (exact) mass is 358 g/mol. The number of nitro groups is 2. The quantitative estimate of drug-likeness (QED) is 0.550. The lowest BCUT2D eigenvalue weighted by Crippen LogP contribution is -2.14. The van der Waals surface area contributed by atoms with Crippen LogP contribution in [0.25, 0.3) is 10.2 Å². The molecule has 0 unspecified atom stereocenters. The fourth-order valence-corrected chi connectivity index (χ4v) is 3.08. The van der Waals surface area contributed by atoms with Crippen LogP contribution >= 0.6 is 11.3 Å². The van der Waals surface area contributed by atoms with Crippen molar-refractivity contribution in [3.8, 4) is 0 Å². The van der Waals surface area contributed by atoms with Crippen LogP contribution in [0.5, 0.6) is 0 Å². The summed E-state index contributed by atoms with van der Waals surface area (Å²) in [6, 6.07) is 9.97. The van der Waals surface area contributed by atoms with Crippen molar-refractivity contribution in [3.05, 3.63) is 68.3 Å². The lowest BCUT2D eigenvalue weighted by Gasteiger charge is -2.01. The van der Waals surface area contributed by atoms with E-state index in [-0.39, 0.29) is 23.7 Å². The molecule has 1 heterocycles. The SMILES string of the molecule is O=C(Cc1ccc([N+](=O)[O-])cc1)Nc1nc2ccc([N+](=O)[O-])cc2s1. The summed E-state index contributed by atoms with van der Waals surface area (Å²) < 4.78 is 0.597. The topological polar surface area (TPSA) is 128 Å². The van der Waals surface area contributed by atoms with E-state index in [1.807, 2.05) is 0 Å². The average Bonchev–Trinajstić information content (AvgIpc) is 2.96. The Labute approximate surface area is 144 Å². The van der Waals surface area contributed by atoms with Crippen LogP contribution in [0.15, 0.2) is 42.5 Å². The van der Waals surface area contributed by atoms with Crippen LogP contribution in [0.1, 0.15) is 5.56 Å². The van der Waals surface area contributed by atoms with Gasteiger partial charge >= 0.3 is 0 Å². The Morgan fingerprint density at radius 3 is 2.32 bits per heavy atom. The Morgan fingerprint density at radius 2 is 1.68 bits per heavy atom. The van der Waals surface area contributed by atoms with Gasteiger partial charge in [0.1, 0.15) is 0 Å². The zero-order valence-electron chi connectivity index (χ0n) is 12.5. The normalized spacial score (nSPS) is 10.6. The number of thiazole rings is 1. The smallest absolute Gasteiger partial charge is 0.270 e. The molecular formula is C15H10N4O5S. The molecule has 0 fully saturated rings. The number of amides is 1. The summed E-state index contributed by atoms with van der Waals surface area (Å²) in [5.74, 6) is -0.331. The fraction of sp³-hybridized carbons (Fsp3) is 0.0667. The van der Waals surface area contributed by atoms with Crippen molar-refractivity contribution in [2.45, 2.75) is 6.42 Å². The number of hydrogen-bond acceptors (Lipinski definition) is 7.